The molecule has 2 aliphatic heterocycles. The van der Waals surface area contributed by atoms with E-state index in [4.69, 9.17) is 4.74 Å². The highest BCUT2D eigenvalue weighted by molar-refractivity contribution is 6.03. The summed E-state index contributed by atoms with van der Waals surface area (Å²) in [5.74, 6) is -0.158. The van der Waals surface area contributed by atoms with Crippen LogP contribution in [0.2, 0.25) is 0 Å². The van der Waals surface area contributed by atoms with E-state index in [0.717, 1.165) is 46.4 Å². The lowest BCUT2D eigenvalue weighted by molar-refractivity contribution is -0.438. The number of rotatable bonds is 11. The maximum Gasteiger partial charge on any atom is 0.210 e. The molecule has 0 spiro atoms. The Bertz CT molecular complexity index is 1880. The lowest BCUT2D eigenvalue weighted by Crippen LogP contribution is -2.30. The number of unbranched alkanes of at least 4 members (excludes halogenated alkanes) is 4. The van der Waals surface area contributed by atoms with Crippen LogP contribution in [0.15, 0.2) is 96.7 Å². The first kappa shape index (κ1) is 32.7. The van der Waals surface area contributed by atoms with Crippen molar-refractivity contribution in [2.75, 3.05) is 25.6 Å². The number of hydrogen-bond acceptors (Lipinski definition) is 2. The minimum Gasteiger partial charge on any atom is -0.497 e. The Morgan fingerprint density at radius 2 is 1.60 bits per heavy atom. The number of halogens is 2. The molecule has 2 heterocycles. The van der Waals surface area contributed by atoms with Crippen molar-refractivity contribution in [1.29, 1.82) is 0 Å². The van der Waals surface area contributed by atoms with Gasteiger partial charge in [0, 0.05) is 53.2 Å². The zero-order chi connectivity index (χ0) is 33.3. The van der Waals surface area contributed by atoms with Gasteiger partial charge in [0.25, 0.3) is 0 Å². The molecule has 0 radical (unpaired) electrons. The molecule has 0 aliphatic carbocycles. The van der Waals surface area contributed by atoms with E-state index in [9.17, 15) is 0 Å². The van der Waals surface area contributed by atoms with Gasteiger partial charge < -0.3 is 9.64 Å². The third-order valence-corrected chi connectivity index (χ3v) is 10.4. The number of fused-ring (bicyclic) bond motifs is 4. The van der Waals surface area contributed by atoms with Gasteiger partial charge in [-0.1, -0.05) is 74.7 Å². The number of likely N-dealkylation sites (N-methyl/N-ethyl adjacent to an activating group) is 1. The third-order valence-electron chi connectivity index (χ3n) is 10.4. The third kappa shape index (κ3) is 5.79. The minimum absolute atomic E-state index is 0.115. The van der Waals surface area contributed by atoms with E-state index in [2.05, 4.69) is 105 Å². The quantitative estimate of drug-likeness (QED) is 0.121. The second-order valence-corrected chi connectivity index (χ2v) is 13.8. The van der Waals surface area contributed by atoms with Gasteiger partial charge in [0.1, 0.15) is 23.9 Å². The summed E-state index contributed by atoms with van der Waals surface area (Å²) in [6.45, 7) is 9.88. The molecular formula is C42H47F2N2O+. The number of benzene rings is 4. The average molecular weight is 634 g/mol. The molecule has 5 heteroatoms. The fourth-order valence-corrected chi connectivity index (χ4v) is 7.85. The monoisotopic (exact) mass is 633 g/mol. The predicted octanol–water partition coefficient (Wildman–Crippen LogP) is 10.6. The van der Waals surface area contributed by atoms with Gasteiger partial charge in [0.2, 0.25) is 5.69 Å². The molecule has 0 amide bonds. The second kappa shape index (κ2) is 13.1. The van der Waals surface area contributed by atoms with Crippen LogP contribution < -0.4 is 9.64 Å². The van der Waals surface area contributed by atoms with Gasteiger partial charge in [-0.3, -0.25) is 0 Å². The molecule has 4 aromatic rings. The number of nitrogens with zero attached hydrogens (tertiary/aromatic N) is 2. The summed E-state index contributed by atoms with van der Waals surface area (Å²) in [6.07, 6.45) is 12.8. The maximum atomic E-state index is 15.2. The highest BCUT2D eigenvalue weighted by atomic mass is 19.1. The summed E-state index contributed by atoms with van der Waals surface area (Å²) < 4.78 is 38.4. The Morgan fingerprint density at radius 3 is 2.34 bits per heavy atom. The average Bonchev–Trinajstić information content (AvgIpc) is 3.41. The molecule has 3 nitrogen and oxygen atoms in total. The van der Waals surface area contributed by atoms with Crippen molar-refractivity contribution >= 4 is 27.9 Å². The van der Waals surface area contributed by atoms with Crippen molar-refractivity contribution < 1.29 is 18.1 Å². The fourth-order valence-electron chi connectivity index (χ4n) is 7.85. The van der Waals surface area contributed by atoms with E-state index in [1.807, 2.05) is 12.1 Å². The summed E-state index contributed by atoms with van der Waals surface area (Å²) in [6, 6.07) is 23.1. The maximum absolute atomic E-state index is 15.2. The van der Waals surface area contributed by atoms with Crippen molar-refractivity contribution in [1.82, 2.24) is 0 Å². The summed E-state index contributed by atoms with van der Waals surface area (Å²) in [5.41, 5.74) is 6.11. The summed E-state index contributed by atoms with van der Waals surface area (Å²) in [7, 11) is 3.79. The van der Waals surface area contributed by atoms with E-state index >= 15 is 8.78 Å². The molecule has 0 saturated heterocycles. The fraction of sp³-hybridized carbons (Fsp3) is 0.357. The van der Waals surface area contributed by atoms with Crippen molar-refractivity contribution in [3.8, 4) is 5.75 Å². The minimum atomic E-state index is -0.660. The number of allylic oxidation sites excluding steroid dienone is 4. The van der Waals surface area contributed by atoms with E-state index in [-0.39, 0.29) is 17.4 Å². The molecule has 0 N–H and O–H groups in total. The second-order valence-electron chi connectivity index (χ2n) is 13.8. The molecule has 47 heavy (non-hydrogen) atoms. The smallest absolute Gasteiger partial charge is 0.210 e. The molecule has 1 unspecified atom stereocenters. The van der Waals surface area contributed by atoms with Crippen LogP contribution in [-0.2, 0) is 17.3 Å². The zero-order valence-corrected chi connectivity index (χ0v) is 28.7. The molecule has 2 aliphatic rings. The van der Waals surface area contributed by atoms with Crippen LogP contribution in [0.5, 0.6) is 5.75 Å². The van der Waals surface area contributed by atoms with Crippen LogP contribution in [-0.4, -0.2) is 31.0 Å². The summed E-state index contributed by atoms with van der Waals surface area (Å²) in [4.78, 5) is 2.22. The van der Waals surface area contributed by atoms with Gasteiger partial charge in [-0.2, -0.15) is 4.58 Å². The molecule has 1 atom stereocenters. The first-order valence-corrected chi connectivity index (χ1v) is 17.0. The molecule has 0 saturated carbocycles. The topological polar surface area (TPSA) is 15.5 Å². The van der Waals surface area contributed by atoms with E-state index < -0.39 is 17.0 Å². The lowest BCUT2D eigenvalue weighted by Gasteiger charge is -2.29. The number of ether oxygens (including phenoxy) is 1. The highest BCUT2D eigenvalue weighted by Crippen LogP contribution is 2.52. The van der Waals surface area contributed by atoms with Crippen molar-refractivity contribution in [2.24, 2.45) is 0 Å². The summed E-state index contributed by atoms with van der Waals surface area (Å²) >= 11 is 0. The number of anilines is 1. The van der Waals surface area contributed by atoms with Gasteiger partial charge in [0.15, 0.2) is 5.71 Å². The molecule has 0 aromatic heterocycles. The Morgan fingerprint density at radius 1 is 0.851 bits per heavy atom. The van der Waals surface area contributed by atoms with Crippen molar-refractivity contribution in [3.63, 3.8) is 0 Å². The van der Waals surface area contributed by atoms with Crippen LogP contribution in [0.1, 0.15) is 76.5 Å². The van der Waals surface area contributed by atoms with Crippen LogP contribution in [0, 0.1) is 11.6 Å². The predicted molar refractivity (Wildman–Crippen MR) is 192 cm³/mol. The van der Waals surface area contributed by atoms with Gasteiger partial charge >= 0.3 is 0 Å². The number of methoxy groups -OCH3 is 1. The van der Waals surface area contributed by atoms with Crippen molar-refractivity contribution in [3.05, 3.63) is 125 Å². The van der Waals surface area contributed by atoms with E-state index in [0.29, 0.717) is 0 Å². The molecule has 244 valence electrons. The highest BCUT2D eigenvalue weighted by Gasteiger charge is 2.46. The zero-order valence-electron chi connectivity index (χ0n) is 28.7. The first-order chi connectivity index (χ1) is 22.6. The van der Waals surface area contributed by atoms with Crippen LogP contribution in [0.3, 0.4) is 0 Å². The van der Waals surface area contributed by atoms with Gasteiger partial charge in [0.05, 0.1) is 18.2 Å². The Kier molecular flexibility index (Phi) is 9.11. The lowest BCUT2D eigenvalue weighted by atomic mass is 9.75. The van der Waals surface area contributed by atoms with Crippen LogP contribution in [0.4, 0.5) is 20.2 Å². The molecule has 6 rings (SSSR count). The molecular weight excluding hydrogens is 586 g/mol. The van der Waals surface area contributed by atoms with Gasteiger partial charge in [-0.15, -0.1) is 0 Å². The first-order valence-electron chi connectivity index (χ1n) is 17.0. The number of hydrogen-bond donors (Lipinski definition) is 0. The largest absolute Gasteiger partial charge is 0.497 e. The Balaban J connectivity index is 1.44. The SMILES string of the molecule is CCCCCCC[N+]1=C(C=CC=C2N(C)c3c(ccc4ccccc34)C2(C)Cc2c(F)cccc2F)C(C)(C)c2cc(OC)ccc21. The van der Waals surface area contributed by atoms with Crippen LogP contribution >= 0.6 is 0 Å². The molecule has 4 aromatic carbocycles. The molecule has 0 fully saturated rings. The van der Waals surface area contributed by atoms with Crippen LogP contribution in [0.25, 0.3) is 10.8 Å². The van der Waals surface area contributed by atoms with Gasteiger partial charge in [-0.05, 0) is 74.9 Å². The van der Waals surface area contributed by atoms with Crippen molar-refractivity contribution in [2.45, 2.75) is 77.0 Å². The standard InChI is InChI=1S/C42H47F2N2O/c1-7-8-9-10-13-26-46-37-25-23-30(47-6)27-34(37)41(2,3)38(46)20-15-21-39-42(4,28-32-35(43)18-14-19-36(32)44)33-24-22-29-16-11-12-17-31(29)40(33)45(39)5/h11-12,14-25,27H,7-10,13,26,28H2,1-6H3/q+1. The van der Waals surface area contributed by atoms with Gasteiger partial charge in [-0.25, -0.2) is 8.78 Å². The Hall–Kier alpha value is -4.25. The van der Waals surface area contributed by atoms with E-state index in [1.165, 1.54) is 60.8 Å². The molecule has 0 bridgehead atoms. The summed E-state index contributed by atoms with van der Waals surface area (Å²) in [5, 5.41) is 2.27. The Labute approximate surface area is 278 Å². The normalized spacial score (nSPS) is 19.3. The van der Waals surface area contributed by atoms with E-state index in [1.54, 1.807) is 7.11 Å².